The van der Waals surface area contributed by atoms with Crippen molar-refractivity contribution in [3.63, 3.8) is 0 Å². The van der Waals surface area contributed by atoms with Gasteiger partial charge in [0.2, 0.25) is 0 Å². The van der Waals surface area contributed by atoms with E-state index in [-0.39, 0.29) is 11.1 Å². The van der Waals surface area contributed by atoms with Crippen LogP contribution >= 0.6 is 11.3 Å². The number of carbonyl (C=O) groups is 1. The molecule has 1 amide bonds. The van der Waals surface area contributed by atoms with E-state index in [0.29, 0.717) is 24.2 Å². The number of nitrogens with zero attached hydrogens (tertiary/aromatic N) is 4. The number of alkyl halides is 3. The Balaban J connectivity index is 1.65. The second-order valence-corrected chi connectivity index (χ2v) is 9.00. The van der Waals surface area contributed by atoms with Gasteiger partial charge in [0, 0.05) is 11.8 Å². The summed E-state index contributed by atoms with van der Waals surface area (Å²) in [6.07, 6.45) is -1.64. The van der Waals surface area contributed by atoms with E-state index >= 15 is 0 Å². The Kier molecular flexibility index (Phi) is 5.40. The van der Waals surface area contributed by atoms with Gasteiger partial charge in [-0.15, -0.1) is 11.3 Å². The van der Waals surface area contributed by atoms with Crippen molar-refractivity contribution < 1.29 is 22.4 Å². The number of thiazole rings is 1. The topological polar surface area (TPSA) is 70.0 Å². The highest BCUT2D eigenvalue weighted by Crippen LogP contribution is 2.34. The molecule has 0 saturated heterocycles. The number of carbonyl (C=O) groups excluding carboxylic acids is 1. The molecule has 168 valence electrons. The molecule has 4 rings (SSSR count). The van der Waals surface area contributed by atoms with Crippen molar-refractivity contribution in [3.05, 3.63) is 63.4 Å². The number of benzene rings is 1. The Bertz CT molecular complexity index is 1150. The molecule has 0 bridgehead atoms. The summed E-state index contributed by atoms with van der Waals surface area (Å²) >= 11 is 1.35. The number of aliphatic imine (C=N–C) groups is 1. The lowest BCUT2D eigenvalue weighted by atomic mass is 10.0. The van der Waals surface area contributed by atoms with E-state index in [1.165, 1.54) is 24.3 Å². The zero-order chi connectivity index (χ0) is 23.3. The molecule has 6 nitrogen and oxygen atoms in total. The van der Waals surface area contributed by atoms with Crippen LogP contribution in [0.1, 0.15) is 42.8 Å². The van der Waals surface area contributed by atoms with Gasteiger partial charge < -0.3 is 5.32 Å². The molecule has 0 radical (unpaired) electrons. The molecule has 32 heavy (non-hydrogen) atoms. The van der Waals surface area contributed by atoms with Crippen LogP contribution in [0.15, 0.2) is 51.6 Å². The summed E-state index contributed by atoms with van der Waals surface area (Å²) in [5.41, 5.74) is 0.245. The van der Waals surface area contributed by atoms with E-state index in [4.69, 9.17) is 0 Å². The van der Waals surface area contributed by atoms with E-state index in [9.17, 15) is 22.4 Å². The van der Waals surface area contributed by atoms with Gasteiger partial charge in [0.05, 0.1) is 39.6 Å². The lowest BCUT2D eigenvalue weighted by Crippen LogP contribution is -2.38. The van der Waals surface area contributed by atoms with Crippen molar-refractivity contribution in [2.75, 3.05) is 6.54 Å². The summed E-state index contributed by atoms with van der Waals surface area (Å²) in [5, 5.41) is 8.78. The monoisotopic (exact) mass is 465 g/mol. The van der Waals surface area contributed by atoms with Crippen LogP contribution in [0.3, 0.4) is 0 Å². The predicted molar refractivity (Wildman–Crippen MR) is 113 cm³/mol. The number of allylic oxidation sites excluding steroid dienone is 1. The highest BCUT2D eigenvalue weighted by atomic mass is 32.1. The summed E-state index contributed by atoms with van der Waals surface area (Å²) in [7, 11) is 0. The van der Waals surface area contributed by atoms with E-state index in [1.54, 1.807) is 22.8 Å². The van der Waals surface area contributed by atoms with Crippen molar-refractivity contribution >= 4 is 28.8 Å². The fourth-order valence-corrected chi connectivity index (χ4v) is 4.13. The van der Waals surface area contributed by atoms with Crippen molar-refractivity contribution in [2.45, 2.75) is 38.5 Å². The van der Waals surface area contributed by atoms with Gasteiger partial charge in [0.15, 0.2) is 5.84 Å². The molecule has 0 aliphatic carbocycles. The first kappa shape index (κ1) is 22.1. The zero-order valence-electron chi connectivity index (χ0n) is 17.4. The van der Waals surface area contributed by atoms with Crippen molar-refractivity contribution in [2.24, 2.45) is 10.1 Å². The lowest BCUT2D eigenvalue weighted by Gasteiger charge is -2.24. The maximum atomic E-state index is 14.5. The molecule has 2 aromatic rings. The van der Waals surface area contributed by atoms with Gasteiger partial charge in [-0.3, -0.25) is 14.8 Å². The molecule has 11 heteroatoms. The zero-order valence-corrected chi connectivity index (χ0v) is 18.2. The lowest BCUT2D eigenvalue weighted by molar-refractivity contribution is -0.140. The summed E-state index contributed by atoms with van der Waals surface area (Å²) in [6, 6.07) is 1.99. The van der Waals surface area contributed by atoms with E-state index in [0.717, 1.165) is 10.9 Å². The third-order valence-electron chi connectivity index (χ3n) is 5.02. The number of hydrogen-bond donors (Lipinski definition) is 1. The van der Waals surface area contributed by atoms with Gasteiger partial charge >= 0.3 is 6.18 Å². The van der Waals surface area contributed by atoms with Crippen LogP contribution in [0.5, 0.6) is 0 Å². The minimum absolute atomic E-state index is 0.202. The minimum Gasteiger partial charge on any atom is -0.345 e. The van der Waals surface area contributed by atoms with Crippen LogP contribution in [0.25, 0.3) is 0 Å². The molecule has 2 aliphatic heterocycles. The first-order valence-electron chi connectivity index (χ1n) is 9.70. The first-order valence-corrected chi connectivity index (χ1v) is 10.6. The maximum Gasteiger partial charge on any atom is 0.419 e. The van der Waals surface area contributed by atoms with Crippen LogP contribution in [0.2, 0.25) is 0 Å². The highest BCUT2D eigenvalue weighted by Gasteiger charge is 2.39. The molecular formula is C21H19F4N5OS. The molecule has 3 heterocycles. The van der Waals surface area contributed by atoms with Crippen molar-refractivity contribution in [1.82, 2.24) is 15.3 Å². The number of hydrazone groups is 1. The molecule has 0 saturated carbocycles. The number of amides is 1. The van der Waals surface area contributed by atoms with Gasteiger partial charge in [-0.1, -0.05) is 12.1 Å². The molecule has 1 N–H and O–H groups in total. The average molecular weight is 465 g/mol. The van der Waals surface area contributed by atoms with Gasteiger partial charge in [0.1, 0.15) is 11.5 Å². The molecule has 2 aliphatic rings. The van der Waals surface area contributed by atoms with E-state index in [2.05, 4.69) is 20.4 Å². The second-order valence-electron chi connectivity index (χ2n) is 8.12. The molecule has 1 atom stereocenters. The third kappa shape index (κ3) is 4.16. The third-order valence-corrected chi connectivity index (χ3v) is 5.81. The Morgan fingerprint density at radius 1 is 1.31 bits per heavy atom. The second kappa shape index (κ2) is 7.80. The van der Waals surface area contributed by atoms with Crippen molar-refractivity contribution in [3.8, 4) is 0 Å². The van der Waals surface area contributed by atoms with Crippen LogP contribution in [-0.2, 0) is 11.0 Å². The van der Waals surface area contributed by atoms with Gasteiger partial charge in [-0.2, -0.15) is 18.3 Å². The van der Waals surface area contributed by atoms with E-state index < -0.39 is 35.0 Å². The number of hydrogen-bond acceptors (Lipinski definition) is 6. The maximum absolute atomic E-state index is 14.5. The van der Waals surface area contributed by atoms with Crippen LogP contribution in [0.4, 0.5) is 17.6 Å². The number of aromatic nitrogens is 1. The van der Waals surface area contributed by atoms with Gasteiger partial charge in [0.25, 0.3) is 5.91 Å². The Morgan fingerprint density at radius 2 is 2.06 bits per heavy atom. The normalized spacial score (nSPS) is 18.5. The van der Waals surface area contributed by atoms with Crippen molar-refractivity contribution in [1.29, 1.82) is 0 Å². The fraction of sp³-hybridized carbons (Fsp3) is 0.333. The SMILES string of the molecule is C[C@@H](NC(=O)C1=CC(c2cncs2)=NN2CC(C)(C)N=C12)c1cccc(C(F)(F)F)c1F. The van der Waals surface area contributed by atoms with Crippen LogP contribution in [-0.4, -0.2) is 39.5 Å². The predicted octanol–water partition coefficient (Wildman–Crippen LogP) is 4.32. The quantitative estimate of drug-likeness (QED) is 0.684. The molecule has 0 fully saturated rings. The Labute approximate surface area is 185 Å². The first-order chi connectivity index (χ1) is 15.0. The number of halogens is 4. The smallest absolute Gasteiger partial charge is 0.345 e. The Hall–Kier alpha value is -3.08. The summed E-state index contributed by atoms with van der Waals surface area (Å²) in [4.78, 5) is 22.5. The largest absolute Gasteiger partial charge is 0.419 e. The number of fused-ring (bicyclic) bond motifs is 1. The number of rotatable bonds is 4. The fourth-order valence-electron chi connectivity index (χ4n) is 3.55. The van der Waals surface area contributed by atoms with Crippen LogP contribution < -0.4 is 5.32 Å². The number of nitrogens with one attached hydrogen (secondary N) is 1. The molecule has 1 aromatic heterocycles. The van der Waals surface area contributed by atoms with Crippen LogP contribution in [0, 0.1) is 5.82 Å². The average Bonchev–Trinajstić information content (AvgIpc) is 3.32. The molecule has 1 aromatic carbocycles. The number of amidine groups is 1. The van der Waals surface area contributed by atoms with Gasteiger partial charge in [-0.05, 0) is 32.9 Å². The minimum atomic E-state index is -4.83. The summed E-state index contributed by atoms with van der Waals surface area (Å²) in [6.45, 7) is 5.68. The molecular weight excluding hydrogens is 446 g/mol. The highest BCUT2D eigenvalue weighted by molar-refractivity contribution is 7.12. The Morgan fingerprint density at radius 3 is 2.72 bits per heavy atom. The summed E-state index contributed by atoms with van der Waals surface area (Å²) in [5.74, 6) is -1.64. The standard InChI is InChI=1S/C21H19F4N5OS/c1-11(12-5-4-6-14(17(12)22)21(23,24)25)27-19(31)13-7-15(16-8-26-10-32-16)29-30-9-20(2,3)28-18(13)30/h4-8,10-11H,9H2,1-3H3,(H,27,31)/t11-/m1/s1. The molecule has 0 unspecified atom stereocenters. The molecule has 0 spiro atoms. The van der Waals surface area contributed by atoms with E-state index in [1.807, 2.05) is 13.8 Å². The summed E-state index contributed by atoms with van der Waals surface area (Å²) < 4.78 is 53.7. The van der Waals surface area contributed by atoms with Gasteiger partial charge in [-0.25, -0.2) is 9.40 Å².